The highest BCUT2D eigenvalue weighted by molar-refractivity contribution is 5.94. The number of carbonyl (C=O) groups excluding carboxylic acids is 1. The van der Waals surface area contributed by atoms with Crippen LogP contribution < -0.4 is 10.6 Å². The van der Waals surface area contributed by atoms with E-state index < -0.39 is 5.97 Å². The number of aliphatic carboxylic acids is 1. The molecule has 1 amide bonds. The number of hydrogen-bond acceptors (Lipinski definition) is 6. The lowest BCUT2D eigenvalue weighted by Crippen LogP contribution is -2.26. The Morgan fingerprint density at radius 1 is 0.892 bits per heavy atom. The fourth-order valence-electron chi connectivity index (χ4n) is 3.94. The summed E-state index contributed by atoms with van der Waals surface area (Å²) in [6.45, 7) is 4.44. The van der Waals surface area contributed by atoms with E-state index in [2.05, 4.69) is 46.8 Å². The average molecular weight is 499 g/mol. The van der Waals surface area contributed by atoms with Gasteiger partial charge in [-0.25, -0.2) is 0 Å². The number of benzene rings is 3. The number of carboxylic acid groups (broad SMARTS) is 1. The third-order valence-electron chi connectivity index (χ3n) is 6.27. The summed E-state index contributed by atoms with van der Waals surface area (Å²) in [4.78, 5) is 22.9. The van der Waals surface area contributed by atoms with Crippen LogP contribution in [0.15, 0.2) is 83.3 Å². The zero-order valence-electron chi connectivity index (χ0n) is 20.8. The van der Waals surface area contributed by atoms with Gasteiger partial charge in [-0.05, 0) is 60.0 Å². The number of carbonyl (C=O) groups is 2. The van der Waals surface area contributed by atoms with Crippen LogP contribution in [0.2, 0.25) is 0 Å². The molecule has 4 aromatic rings. The maximum Gasteiger partial charge on any atom is 0.305 e. The first-order valence-electron chi connectivity index (χ1n) is 12.3. The molecule has 0 radical (unpaired) electrons. The zero-order chi connectivity index (χ0) is 26.2. The van der Waals surface area contributed by atoms with Crippen LogP contribution in [-0.2, 0) is 4.79 Å². The van der Waals surface area contributed by atoms with Crippen LogP contribution in [0.5, 0.6) is 0 Å². The summed E-state index contributed by atoms with van der Waals surface area (Å²) in [5.74, 6) is 0.0581. The summed E-state index contributed by atoms with van der Waals surface area (Å²) in [5, 5.41) is 23.3. The molecule has 0 saturated carbocycles. The van der Waals surface area contributed by atoms with E-state index in [0.29, 0.717) is 23.3 Å². The molecule has 4 rings (SSSR count). The van der Waals surface area contributed by atoms with Crippen molar-refractivity contribution in [3.8, 4) is 22.9 Å². The molecular formula is C29H30N4O4. The van der Waals surface area contributed by atoms with Gasteiger partial charge in [-0.15, -0.1) is 10.2 Å². The van der Waals surface area contributed by atoms with Crippen molar-refractivity contribution in [2.45, 2.75) is 32.7 Å². The van der Waals surface area contributed by atoms with Crippen LogP contribution >= 0.6 is 0 Å². The van der Waals surface area contributed by atoms with E-state index in [1.54, 1.807) is 12.1 Å². The van der Waals surface area contributed by atoms with E-state index in [1.165, 1.54) is 0 Å². The number of nitrogens with one attached hydrogen (secondary N) is 2. The molecule has 0 bridgehead atoms. The number of nitrogens with zero attached hydrogens (tertiary/aromatic N) is 2. The first kappa shape index (κ1) is 25.6. The summed E-state index contributed by atoms with van der Waals surface area (Å²) < 4.78 is 5.89. The van der Waals surface area contributed by atoms with E-state index in [-0.39, 0.29) is 24.9 Å². The van der Waals surface area contributed by atoms with Crippen LogP contribution in [0.1, 0.15) is 48.7 Å². The number of hydrogen-bond donors (Lipinski definition) is 3. The number of aromatic nitrogens is 2. The highest BCUT2D eigenvalue weighted by Gasteiger charge is 2.19. The van der Waals surface area contributed by atoms with Crippen molar-refractivity contribution in [1.82, 2.24) is 15.5 Å². The number of carboxylic acids is 1. The van der Waals surface area contributed by atoms with Crippen LogP contribution in [-0.4, -0.2) is 33.7 Å². The second kappa shape index (κ2) is 12.0. The summed E-state index contributed by atoms with van der Waals surface area (Å²) in [5.41, 5.74) is 4.22. The van der Waals surface area contributed by atoms with Crippen LogP contribution in [0, 0.1) is 5.92 Å². The Balaban J connectivity index is 1.45. The molecule has 0 aliphatic carbocycles. The molecule has 0 saturated heterocycles. The minimum Gasteiger partial charge on any atom is -0.481 e. The van der Waals surface area contributed by atoms with Gasteiger partial charge in [-0.1, -0.05) is 50.6 Å². The maximum atomic E-state index is 12.2. The topological polar surface area (TPSA) is 117 Å². The van der Waals surface area contributed by atoms with Gasteiger partial charge >= 0.3 is 5.97 Å². The van der Waals surface area contributed by atoms with Gasteiger partial charge < -0.3 is 20.2 Å². The van der Waals surface area contributed by atoms with Crippen LogP contribution in [0.25, 0.3) is 22.9 Å². The molecule has 1 heterocycles. The van der Waals surface area contributed by atoms with E-state index in [4.69, 9.17) is 9.52 Å². The van der Waals surface area contributed by atoms with E-state index in [1.807, 2.05) is 54.6 Å². The van der Waals surface area contributed by atoms with E-state index >= 15 is 0 Å². The molecule has 0 fully saturated rings. The second-order valence-electron chi connectivity index (χ2n) is 8.88. The Kier molecular flexibility index (Phi) is 8.30. The summed E-state index contributed by atoms with van der Waals surface area (Å²) in [6.07, 6.45) is 0.870. The van der Waals surface area contributed by atoms with Gasteiger partial charge in [0, 0.05) is 28.9 Å². The Labute approximate surface area is 215 Å². The molecule has 190 valence electrons. The lowest BCUT2D eigenvalue weighted by Gasteiger charge is -2.26. The van der Waals surface area contributed by atoms with Crippen LogP contribution in [0.3, 0.4) is 0 Å². The third kappa shape index (κ3) is 6.61. The zero-order valence-corrected chi connectivity index (χ0v) is 20.8. The minimum atomic E-state index is -0.946. The summed E-state index contributed by atoms with van der Waals surface area (Å²) >= 11 is 0. The van der Waals surface area contributed by atoms with Crippen molar-refractivity contribution in [2.75, 3.05) is 11.9 Å². The lowest BCUT2D eigenvalue weighted by molar-refractivity contribution is -0.136. The largest absolute Gasteiger partial charge is 0.481 e. The summed E-state index contributed by atoms with van der Waals surface area (Å²) in [7, 11) is 0. The van der Waals surface area contributed by atoms with Crippen molar-refractivity contribution in [1.29, 1.82) is 0 Å². The van der Waals surface area contributed by atoms with Gasteiger partial charge in [0.2, 0.25) is 11.8 Å². The average Bonchev–Trinajstić information content (AvgIpc) is 3.42. The van der Waals surface area contributed by atoms with Gasteiger partial charge in [0.25, 0.3) is 5.91 Å². The van der Waals surface area contributed by atoms with Crippen molar-refractivity contribution < 1.29 is 19.1 Å². The first-order valence-corrected chi connectivity index (χ1v) is 12.3. The minimum absolute atomic E-state index is 0.0526. The Bertz CT molecular complexity index is 1320. The first-order chi connectivity index (χ1) is 17.9. The smallest absolute Gasteiger partial charge is 0.305 e. The normalized spacial score (nSPS) is 12.5. The number of rotatable bonds is 11. The van der Waals surface area contributed by atoms with Crippen molar-refractivity contribution in [2.24, 2.45) is 5.92 Å². The quantitative estimate of drug-likeness (QED) is 0.239. The maximum absolute atomic E-state index is 12.2. The highest BCUT2D eigenvalue weighted by Crippen LogP contribution is 2.31. The molecule has 1 aromatic heterocycles. The lowest BCUT2D eigenvalue weighted by atomic mass is 9.91. The standard InChI is InChI=1S/C29H30N4O4/c1-3-19(2)26(31-24-15-13-21(14-16-24)27(36)30-18-17-25(34)35)20-9-11-23(12-10-20)29-33-32-28(37-29)22-7-5-4-6-8-22/h4-16,19,26,31H,3,17-18H2,1-2H3,(H,30,36)(H,34,35)/t19?,26-/m1/s1. The molecule has 8 nitrogen and oxygen atoms in total. The fraction of sp³-hybridized carbons (Fsp3) is 0.241. The monoisotopic (exact) mass is 498 g/mol. The molecule has 0 aliphatic rings. The number of anilines is 1. The molecule has 2 atom stereocenters. The Morgan fingerprint density at radius 2 is 1.51 bits per heavy atom. The molecule has 8 heteroatoms. The highest BCUT2D eigenvalue weighted by atomic mass is 16.4. The molecule has 37 heavy (non-hydrogen) atoms. The Hall–Kier alpha value is -4.46. The van der Waals surface area contributed by atoms with Crippen molar-refractivity contribution in [3.05, 3.63) is 90.0 Å². The predicted molar refractivity (Wildman–Crippen MR) is 142 cm³/mol. The SMILES string of the molecule is CCC(C)[C@@H](Nc1ccc(C(=O)NCCC(=O)O)cc1)c1ccc(-c2nnc(-c3ccccc3)o2)cc1. The van der Waals surface area contributed by atoms with Crippen molar-refractivity contribution >= 4 is 17.6 Å². The van der Waals surface area contributed by atoms with Gasteiger partial charge in [0.05, 0.1) is 12.5 Å². The van der Waals surface area contributed by atoms with E-state index in [9.17, 15) is 9.59 Å². The Morgan fingerprint density at radius 3 is 2.11 bits per heavy atom. The molecular weight excluding hydrogens is 468 g/mol. The van der Waals surface area contributed by atoms with Crippen LogP contribution in [0.4, 0.5) is 5.69 Å². The second-order valence-corrected chi connectivity index (χ2v) is 8.88. The van der Waals surface area contributed by atoms with Crippen molar-refractivity contribution in [3.63, 3.8) is 0 Å². The molecule has 1 unspecified atom stereocenters. The summed E-state index contributed by atoms with van der Waals surface area (Å²) in [6, 6.07) is 25.0. The number of amides is 1. The van der Waals surface area contributed by atoms with E-state index in [0.717, 1.165) is 28.8 Å². The predicted octanol–water partition coefficient (Wildman–Crippen LogP) is 5.81. The van der Waals surface area contributed by atoms with Gasteiger partial charge in [0.15, 0.2) is 0 Å². The molecule has 0 spiro atoms. The fourth-order valence-corrected chi connectivity index (χ4v) is 3.94. The van der Waals surface area contributed by atoms with Gasteiger partial charge in [-0.2, -0.15) is 0 Å². The molecule has 0 aliphatic heterocycles. The van der Waals surface area contributed by atoms with Gasteiger partial charge in [0.1, 0.15) is 0 Å². The van der Waals surface area contributed by atoms with Gasteiger partial charge in [-0.3, -0.25) is 9.59 Å². The molecule has 3 aromatic carbocycles. The third-order valence-corrected chi connectivity index (χ3v) is 6.27. The molecule has 3 N–H and O–H groups in total.